The molecule has 0 radical (unpaired) electrons. The molecule has 1 aliphatic carbocycles. The van der Waals surface area contributed by atoms with Crippen molar-refractivity contribution in [2.45, 2.75) is 38.5 Å². The molecule has 1 aliphatic rings. The van der Waals surface area contributed by atoms with Crippen molar-refractivity contribution < 1.29 is 22.4 Å². The quantitative estimate of drug-likeness (QED) is 0.180. The Bertz CT molecular complexity index is 1620. The molecule has 4 aromatic rings. The number of hydrogen-bond donors (Lipinski definition) is 3. The van der Waals surface area contributed by atoms with Crippen molar-refractivity contribution in [2.24, 2.45) is 11.7 Å². The maximum Gasteiger partial charge on any atom is 0.435 e. The van der Waals surface area contributed by atoms with Gasteiger partial charge in [-0.3, -0.25) is 4.79 Å². The minimum atomic E-state index is -4.76. The molecule has 0 aliphatic heterocycles. The summed E-state index contributed by atoms with van der Waals surface area (Å²) in [5.41, 5.74) is 8.21. The average Bonchev–Trinajstić information content (AvgIpc) is 3.67. The van der Waals surface area contributed by atoms with E-state index in [9.17, 15) is 18.0 Å². The summed E-state index contributed by atoms with van der Waals surface area (Å²) in [4.78, 5) is 13.4. The van der Waals surface area contributed by atoms with Crippen LogP contribution in [-0.4, -0.2) is 22.2 Å². The van der Waals surface area contributed by atoms with Crippen LogP contribution in [-0.2, 0) is 12.7 Å². The summed E-state index contributed by atoms with van der Waals surface area (Å²) >= 11 is 0. The smallest absolute Gasteiger partial charge is 0.326 e. The van der Waals surface area contributed by atoms with Crippen LogP contribution in [0.5, 0.6) is 0 Å². The van der Waals surface area contributed by atoms with Gasteiger partial charge in [0.1, 0.15) is 11.5 Å². The lowest BCUT2D eigenvalue weighted by Crippen LogP contribution is -2.26. The Balaban J connectivity index is 1.48. The molecular formula is C32H31F4N5O. The number of benzene rings is 3. The van der Waals surface area contributed by atoms with Crippen molar-refractivity contribution >= 4 is 17.2 Å². The summed E-state index contributed by atoms with van der Waals surface area (Å²) in [6.07, 6.45) is -2.55. The second-order valence-electron chi connectivity index (χ2n) is 10.6. The van der Waals surface area contributed by atoms with Gasteiger partial charge in [0.15, 0.2) is 5.69 Å². The van der Waals surface area contributed by atoms with Gasteiger partial charge in [0.25, 0.3) is 5.91 Å². The first kappa shape index (κ1) is 29.2. The monoisotopic (exact) mass is 577 g/mol. The Labute approximate surface area is 241 Å². The van der Waals surface area contributed by atoms with Gasteiger partial charge in [0.2, 0.25) is 0 Å². The van der Waals surface area contributed by atoms with E-state index in [-0.39, 0.29) is 23.7 Å². The molecule has 0 spiro atoms. The van der Waals surface area contributed by atoms with E-state index in [0.717, 1.165) is 28.7 Å². The first-order valence-corrected chi connectivity index (χ1v) is 13.6. The number of carbonyl (C=O) groups excluding carboxylic acids is 1. The number of alkyl halides is 3. The van der Waals surface area contributed by atoms with Crippen LogP contribution in [0.25, 0.3) is 11.3 Å². The van der Waals surface area contributed by atoms with Crippen molar-refractivity contribution in [1.29, 1.82) is 0 Å². The minimum absolute atomic E-state index is 0.168. The fourth-order valence-electron chi connectivity index (χ4n) is 4.73. The number of carbonyl (C=O) groups is 1. The molecule has 6 nitrogen and oxygen atoms in total. The van der Waals surface area contributed by atoms with Crippen LogP contribution in [0.1, 0.15) is 64.2 Å². The Morgan fingerprint density at radius 1 is 1.10 bits per heavy atom. The molecule has 1 heterocycles. The third kappa shape index (κ3) is 6.61. The van der Waals surface area contributed by atoms with Gasteiger partial charge in [-0.25, -0.2) is 9.07 Å². The van der Waals surface area contributed by atoms with E-state index in [1.54, 1.807) is 54.6 Å². The zero-order valence-corrected chi connectivity index (χ0v) is 23.0. The molecule has 1 unspecified atom stereocenters. The first-order chi connectivity index (χ1) is 20.0. The second-order valence-corrected chi connectivity index (χ2v) is 10.6. The molecule has 3 aromatic carbocycles. The number of nitrogens with zero attached hydrogens (tertiary/aromatic N) is 2. The second kappa shape index (κ2) is 11.9. The summed E-state index contributed by atoms with van der Waals surface area (Å²) in [6.45, 7) is 6.68. The molecule has 42 heavy (non-hydrogen) atoms. The van der Waals surface area contributed by atoms with E-state index in [1.807, 2.05) is 13.0 Å². The highest BCUT2D eigenvalue weighted by atomic mass is 19.4. The first-order valence-electron chi connectivity index (χ1n) is 13.6. The van der Waals surface area contributed by atoms with Gasteiger partial charge in [-0.1, -0.05) is 42.5 Å². The maximum absolute atomic E-state index is 15.2. The average molecular weight is 578 g/mol. The normalized spacial score (nSPS) is 14.0. The Morgan fingerprint density at radius 2 is 1.86 bits per heavy atom. The van der Waals surface area contributed by atoms with Crippen LogP contribution >= 0.6 is 0 Å². The summed E-state index contributed by atoms with van der Waals surface area (Å²) in [5.74, 6) is -0.652. The van der Waals surface area contributed by atoms with Crippen LogP contribution in [0.4, 0.5) is 23.2 Å². The Kier molecular flexibility index (Phi) is 8.29. The van der Waals surface area contributed by atoms with Crippen molar-refractivity contribution in [3.8, 4) is 5.69 Å². The Morgan fingerprint density at radius 3 is 2.55 bits per heavy atom. The maximum atomic E-state index is 15.2. The van der Waals surface area contributed by atoms with Crippen molar-refractivity contribution in [3.05, 3.63) is 119 Å². The van der Waals surface area contributed by atoms with Crippen LogP contribution in [0, 0.1) is 11.7 Å². The van der Waals surface area contributed by atoms with Gasteiger partial charge in [-0.05, 0) is 85.3 Å². The molecule has 218 valence electrons. The lowest BCUT2D eigenvalue weighted by atomic mass is 9.94. The van der Waals surface area contributed by atoms with Crippen molar-refractivity contribution in [3.63, 3.8) is 0 Å². The van der Waals surface area contributed by atoms with Crippen LogP contribution in [0.2, 0.25) is 0 Å². The SMILES string of the molecule is C=C(C)c1ccc(F)c(C(NCC2CC2)c2cccc(NC(=O)c3cc(C(F)(F)F)nn3-c3cccc(CN)c3)c2)c1. The number of amides is 1. The summed E-state index contributed by atoms with van der Waals surface area (Å²) in [6, 6.07) is 18.4. The van der Waals surface area contributed by atoms with Crippen LogP contribution in [0.15, 0.2) is 79.4 Å². The fraction of sp³-hybridized carbons (Fsp3) is 0.250. The van der Waals surface area contributed by atoms with Crippen LogP contribution in [0.3, 0.4) is 0 Å². The highest BCUT2D eigenvalue weighted by Crippen LogP contribution is 2.33. The molecule has 5 rings (SSSR count). The molecule has 0 bridgehead atoms. The third-order valence-electron chi connectivity index (χ3n) is 7.21. The van der Waals surface area contributed by atoms with Crippen molar-refractivity contribution in [2.75, 3.05) is 11.9 Å². The molecule has 4 N–H and O–H groups in total. The lowest BCUT2D eigenvalue weighted by Gasteiger charge is -2.22. The minimum Gasteiger partial charge on any atom is -0.326 e. The van der Waals surface area contributed by atoms with E-state index < -0.39 is 23.8 Å². The van der Waals surface area contributed by atoms with E-state index in [2.05, 4.69) is 22.3 Å². The predicted molar refractivity (Wildman–Crippen MR) is 155 cm³/mol. The number of nitrogens with one attached hydrogen (secondary N) is 2. The number of halogens is 4. The number of hydrogen-bond acceptors (Lipinski definition) is 4. The number of anilines is 1. The standard InChI is InChI=1S/C32H31F4N5O/c1-19(2)22-11-12-27(33)26(15-22)30(38-18-20-9-10-20)23-6-4-7-24(14-23)39-31(42)28-16-29(32(34,35)36)40-41(28)25-8-3-5-21(13-25)17-37/h3-8,11-16,20,30,38H,1,9-10,17-18,37H2,2H3,(H,39,42). The lowest BCUT2D eigenvalue weighted by molar-refractivity contribution is -0.141. The van der Waals surface area contributed by atoms with E-state index in [4.69, 9.17) is 5.73 Å². The van der Waals surface area contributed by atoms with Gasteiger partial charge in [-0.2, -0.15) is 18.3 Å². The number of allylic oxidation sites excluding steroid dienone is 1. The van der Waals surface area contributed by atoms with E-state index >= 15 is 4.39 Å². The number of rotatable bonds is 10. The van der Waals surface area contributed by atoms with E-state index in [0.29, 0.717) is 40.9 Å². The topological polar surface area (TPSA) is 85.0 Å². The molecule has 1 aromatic heterocycles. The van der Waals surface area contributed by atoms with Crippen molar-refractivity contribution in [1.82, 2.24) is 15.1 Å². The molecule has 1 amide bonds. The summed E-state index contributed by atoms with van der Waals surface area (Å²) in [7, 11) is 0. The molecule has 10 heteroatoms. The number of aromatic nitrogens is 2. The predicted octanol–water partition coefficient (Wildman–Crippen LogP) is 6.86. The Hall–Kier alpha value is -4.28. The highest BCUT2D eigenvalue weighted by Gasteiger charge is 2.36. The van der Waals surface area contributed by atoms with Gasteiger partial charge in [0, 0.05) is 23.9 Å². The number of nitrogens with two attached hydrogens (primary N) is 1. The molecule has 1 saturated carbocycles. The summed E-state index contributed by atoms with van der Waals surface area (Å²) < 4.78 is 56.9. The van der Waals surface area contributed by atoms with Gasteiger partial charge >= 0.3 is 6.18 Å². The highest BCUT2D eigenvalue weighted by molar-refractivity contribution is 6.03. The zero-order valence-electron chi connectivity index (χ0n) is 23.0. The zero-order chi connectivity index (χ0) is 30.0. The van der Waals surface area contributed by atoms with Gasteiger partial charge in [0.05, 0.1) is 11.7 Å². The van der Waals surface area contributed by atoms with Gasteiger partial charge in [-0.15, -0.1) is 0 Å². The third-order valence-corrected chi connectivity index (χ3v) is 7.21. The largest absolute Gasteiger partial charge is 0.435 e. The molecule has 1 atom stereocenters. The molecule has 1 fully saturated rings. The molecular weight excluding hydrogens is 546 g/mol. The van der Waals surface area contributed by atoms with Crippen LogP contribution < -0.4 is 16.4 Å². The fourth-order valence-corrected chi connectivity index (χ4v) is 4.73. The summed E-state index contributed by atoms with van der Waals surface area (Å²) in [5, 5.41) is 9.85. The molecule has 0 saturated heterocycles. The van der Waals surface area contributed by atoms with Gasteiger partial charge < -0.3 is 16.4 Å². The van der Waals surface area contributed by atoms with E-state index in [1.165, 1.54) is 6.07 Å².